The van der Waals surface area contributed by atoms with E-state index >= 15 is 0 Å². The maximum atomic E-state index is 12.9. The summed E-state index contributed by atoms with van der Waals surface area (Å²) in [7, 11) is 0. The lowest BCUT2D eigenvalue weighted by molar-refractivity contribution is -0.275. The highest BCUT2D eigenvalue weighted by molar-refractivity contribution is 5.92. The lowest BCUT2D eigenvalue weighted by Crippen LogP contribution is -2.17. The van der Waals surface area contributed by atoms with Crippen molar-refractivity contribution in [2.75, 3.05) is 11.5 Å². The zero-order valence-corrected chi connectivity index (χ0v) is 17.2. The molecule has 0 saturated carbocycles. The van der Waals surface area contributed by atoms with Gasteiger partial charge in [0.25, 0.3) is 0 Å². The van der Waals surface area contributed by atoms with Crippen LogP contribution in [0.3, 0.4) is 0 Å². The summed E-state index contributed by atoms with van der Waals surface area (Å²) in [5.41, 5.74) is 12.5. The van der Waals surface area contributed by atoms with E-state index in [1.165, 1.54) is 24.3 Å². The topological polar surface area (TPSA) is 70.5 Å². The van der Waals surface area contributed by atoms with Gasteiger partial charge in [-0.3, -0.25) is 0 Å². The van der Waals surface area contributed by atoms with Crippen LogP contribution in [0.4, 0.5) is 37.7 Å². The average Bonchev–Trinajstić information content (AvgIpc) is 2.71. The molecule has 0 radical (unpaired) electrons. The molecule has 0 aliphatic heterocycles. The summed E-state index contributed by atoms with van der Waals surface area (Å²) in [5, 5.41) is 1.29. The van der Waals surface area contributed by atoms with Gasteiger partial charge in [-0.15, -0.1) is 26.3 Å². The Balaban J connectivity index is 1.81. The number of rotatable bonds is 4. The van der Waals surface area contributed by atoms with Gasteiger partial charge in [-0.25, -0.2) is 0 Å². The van der Waals surface area contributed by atoms with Crippen molar-refractivity contribution < 1.29 is 35.8 Å². The average molecular weight is 478 g/mol. The fourth-order valence-corrected chi connectivity index (χ4v) is 3.55. The molecule has 0 bridgehead atoms. The molecule has 4 rings (SSSR count). The second kappa shape index (κ2) is 8.36. The third kappa shape index (κ3) is 5.28. The number of ether oxygens (including phenoxy) is 2. The number of hydrogen-bond acceptors (Lipinski definition) is 4. The number of anilines is 2. The van der Waals surface area contributed by atoms with Gasteiger partial charge in [-0.1, -0.05) is 24.3 Å². The predicted octanol–water partition coefficient (Wildman–Crippen LogP) is 7.14. The molecule has 10 heteroatoms. The molecule has 176 valence electrons. The van der Waals surface area contributed by atoms with Crippen molar-refractivity contribution in [1.82, 2.24) is 0 Å². The summed E-state index contributed by atoms with van der Waals surface area (Å²) in [6.07, 6.45) is -9.84. The molecule has 0 spiro atoms. The van der Waals surface area contributed by atoms with Crippen LogP contribution in [0.5, 0.6) is 11.5 Å². The Morgan fingerprint density at radius 3 is 1.29 bits per heavy atom. The first-order chi connectivity index (χ1) is 15.9. The Bertz CT molecular complexity index is 1270. The molecule has 4 N–H and O–H groups in total. The van der Waals surface area contributed by atoms with Crippen LogP contribution in [-0.2, 0) is 0 Å². The Morgan fingerprint density at radius 1 is 0.500 bits per heavy atom. The summed E-state index contributed by atoms with van der Waals surface area (Å²) in [6.45, 7) is 0. The first kappa shape index (κ1) is 23.1. The molecule has 4 nitrogen and oxygen atoms in total. The minimum atomic E-state index is -4.92. The van der Waals surface area contributed by atoms with Gasteiger partial charge in [0.05, 0.1) is 0 Å². The Kier molecular flexibility index (Phi) is 5.68. The molecule has 0 amide bonds. The Morgan fingerprint density at radius 2 is 0.912 bits per heavy atom. The molecule has 0 unspecified atom stereocenters. The van der Waals surface area contributed by atoms with Gasteiger partial charge < -0.3 is 20.9 Å². The molecular formula is C24H16F6N2O2. The summed E-state index contributed by atoms with van der Waals surface area (Å²) >= 11 is 0. The molecule has 34 heavy (non-hydrogen) atoms. The summed E-state index contributed by atoms with van der Waals surface area (Å²) < 4.78 is 85.6. The third-order valence-electron chi connectivity index (χ3n) is 4.92. The van der Waals surface area contributed by atoms with E-state index in [1.807, 2.05) is 0 Å². The van der Waals surface area contributed by atoms with Crippen molar-refractivity contribution >= 4 is 22.1 Å². The van der Waals surface area contributed by atoms with Crippen molar-refractivity contribution in [3.8, 4) is 33.8 Å². The van der Waals surface area contributed by atoms with E-state index in [0.717, 1.165) is 17.5 Å². The van der Waals surface area contributed by atoms with Gasteiger partial charge in [0.2, 0.25) is 0 Å². The molecule has 0 saturated heterocycles. The van der Waals surface area contributed by atoms with E-state index in [2.05, 4.69) is 9.47 Å². The van der Waals surface area contributed by atoms with Crippen molar-refractivity contribution in [3.63, 3.8) is 0 Å². The SMILES string of the molecule is Nc1ccc(-c2ccc3ccc(-c4ccc(N)cc4OC(F)(F)F)cc3c2)c(OC(F)(F)F)c1. The maximum absolute atomic E-state index is 12.9. The number of hydrogen-bond donors (Lipinski definition) is 2. The normalized spacial score (nSPS) is 12.1. The van der Waals surface area contributed by atoms with E-state index < -0.39 is 24.2 Å². The zero-order chi connectivity index (χ0) is 24.7. The highest BCUT2D eigenvalue weighted by atomic mass is 19.4. The van der Waals surface area contributed by atoms with E-state index in [1.54, 1.807) is 36.4 Å². The molecular weight excluding hydrogens is 462 g/mol. The molecule has 0 aromatic heterocycles. The molecule has 0 aliphatic carbocycles. The van der Waals surface area contributed by atoms with Gasteiger partial charge in [-0.05, 0) is 58.3 Å². The maximum Gasteiger partial charge on any atom is 0.573 e. The van der Waals surface area contributed by atoms with Crippen LogP contribution in [-0.4, -0.2) is 12.7 Å². The smallest absolute Gasteiger partial charge is 0.405 e. The molecule has 0 heterocycles. The molecule has 4 aromatic rings. The molecule has 0 fully saturated rings. The number of halogens is 6. The minimum absolute atomic E-state index is 0.0895. The lowest BCUT2D eigenvalue weighted by Gasteiger charge is -2.16. The zero-order valence-electron chi connectivity index (χ0n) is 17.2. The van der Waals surface area contributed by atoms with Crippen molar-refractivity contribution in [2.45, 2.75) is 12.7 Å². The molecule has 0 atom stereocenters. The van der Waals surface area contributed by atoms with E-state index in [0.29, 0.717) is 16.5 Å². The number of fused-ring (bicyclic) bond motifs is 1. The van der Waals surface area contributed by atoms with E-state index in [4.69, 9.17) is 11.5 Å². The number of nitrogen functional groups attached to an aromatic ring is 2. The minimum Gasteiger partial charge on any atom is -0.405 e. The first-order valence-electron chi connectivity index (χ1n) is 9.73. The van der Waals surface area contributed by atoms with Crippen molar-refractivity contribution in [3.05, 3.63) is 72.8 Å². The van der Waals surface area contributed by atoms with Crippen LogP contribution >= 0.6 is 0 Å². The van der Waals surface area contributed by atoms with Crippen LogP contribution in [0.1, 0.15) is 0 Å². The number of nitrogens with two attached hydrogens (primary N) is 2. The molecule has 4 aromatic carbocycles. The Labute approximate surface area is 189 Å². The van der Waals surface area contributed by atoms with Gasteiger partial charge in [0.1, 0.15) is 11.5 Å². The largest absolute Gasteiger partial charge is 0.573 e. The molecule has 0 aliphatic rings. The fourth-order valence-electron chi connectivity index (χ4n) is 3.55. The Hall–Kier alpha value is -4.08. The quantitative estimate of drug-likeness (QED) is 0.242. The second-order valence-corrected chi connectivity index (χ2v) is 7.38. The predicted molar refractivity (Wildman–Crippen MR) is 117 cm³/mol. The van der Waals surface area contributed by atoms with Crippen LogP contribution in [0.15, 0.2) is 72.8 Å². The summed E-state index contributed by atoms with van der Waals surface area (Å²) in [4.78, 5) is 0. The summed E-state index contributed by atoms with van der Waals surface area (Å²) in [6, 6.07) is 17.6. The fraction of sp³-hybridized carbons (Fsp3) is 0.0833. The van der Waals surface area contributed by atoms with Gasteiger partial charge in [-0.2, -0.15) is 0 Å². The van der Waals surface area contributed by atoms with Crippen molar-refractivity contribution in [1.29, 1.82) is 0 Å². The van der Waals surface area contributed by atoms with Crippen molar-refractivity contribution in [2.24, 2.45) is 0 Å². The monoisotopic (exact) mass is 478 g/mol. The first-order valence-corrected chi connectivity index (χ1v) is 9.73. The number of benzene rings is 4. The summed E-state index contributed by atoms with van der Waals surface area (Å²) in [5.74, 6) is -0.940. The standard InChI is InChI=1S/C24H16F6N2O2/c25-23(26,27)33-21-11-17(31)5-7-19(21)14-3-1-13-2-4-15(10-16(13)9-14)20-8-6-18(32)12-22(20)34-24(28,29)30/h1-12H,31-32H2. The third-order valence-corrected chi connectivity index (χ3v) is 4.92. The van der Waals surface area contributed by atoms with Crippen LogP contribution in [0, 0.1) is 0 Å². The van der Waals surface area contributed by atoms with Gasteiger partial charge in [0.15, 0.2) is 0 Å². The highest BCUT2D eigenvalue weighted by Gasteiger charge is 2.33. The second-order valence-electron chi connectivity index (χ2n) is 7.38. The van der Waals surface area contributed by atoms with E-state index in [-0.39, 0.29) is 22.5 Å². The van der Waals surface area contributed by atoms with Crippen LogP contribution < -0.4 is 20.9 Å². The van der Waals surface area contributed by atoms with E-state index in [9.17, 15) is 26.3 Å². The van der Waals surface area contributed by atoms with Gasteiger partial charge in [0, 0.05) is 34.6 Å². The lowest BCUT2D eigenvalue weighted by atomic mass is 9.96. The number of alkyl halides is 6. The van der Waals surface area contributed by atoms with Gasteiger partial charge >= 0.3 is 12.7 Å². The van der Waals surface area contributed by atoms with Crippen LogP contribution in [0.25, 0.3) is 33.0 Å². The highest BCUT2D eigenvalue weighted by Crippen LogP contribution is 2.39. The van der Waals surface area contributed by atoms with Crippen LogP contribution in [0.2, 0.25) is 0 Å².